The van der Waals surface area contributed by atoms with E-state index < -0.39 is 17.2 Å². The second-order valence-electron chi connectivity index (χ2n) is 6.65. The van der Waals surface area contributed by atoms with Gasteiger partial charge in [0.25, 0.3) is 0 Å². The number of hydrogen-bond acceptors (Lipinski definition) is 4. The molecule has 25 heavy (non-hydrogen) atoms. The van der Waals surface area contributed by atoms with Gasteiger partial charge in [-0.1, -0.05) is 0 Å². The minimum atomic E-state index is -1.30. The standard InChI is InChI=1S/C18H19FN2O4/c1-25-17-14-11(8-13(19)15(17)20-6-2-3-7-20)16(22)12(18(23)24)9-21(14)10-4-5-10/h8-10H,2-7H2,1H3,(H,23,24). The number of carboxylic acid groups (broad SMARTS) is 1. The van der Waals surface area contributed by atoms with Crippen molar-refractivity contribution in [1.29, 1.82) is 0 Å². The van der Waals surface area contributed by atoms with Gasteiger partial charge in [-0.3, -0.25) is 4.79 Å². The number of fused-ring (bicyclic) bond motifs is 1. The Bertz CT molecular complexity index is 927. The number of carboxylic acids is 1. The molecule has 0 amide bonds. The number of aromatic carboxylic acids is 1. The molecule has 2 fully saturated rings. The number of pyridine rings is 1. The van der Waals surface area contributed by atoms with E-state index in [9.17, 15) is 19.1 Å². The first-order valence-electron chi connectivity index (χ1n) is 8.46. The fraction of sp³-hybridized carbons (Fsp3) is 0.444. The first-order chi connectivity index (χ1) is 12.0. The summed E-state index contributed by atoms with van der Waals surface area (Å²) in [5, 5.41) is 9.39. The van der Waals surface area contributed by atoms with Gasteiger partial charge in [-0.05, 0) is 31.7 Å². The maximum atomic E-state index is 14.9. The molecule has 6 nitrogen and oxygen atoms in total. The predicted octanol–water partition coefficient (Wildman–Crippen LogP) is 2.78. The molecule has 1 saturated heterocycles. The van der Waals surface area contributed by atoms with E-state index in [0.717, 1.165) is 38.8 Å². The molecule has 0 unspecified atom stereocenters. The Morgan fingerprint density at radius 2 is 2.00 bits per heavy atom. The number of aromatic nitrogens is 1. The summed E-state index contributed by atoms with van der Waals surface area (Å²) >= 11 is 0. The summed E-state index contributed by atoms with van der Waals surface area (Å²) in [5.74, 6) is -1.53. The molecular formula is C18H19FN2O4. The maximum absolute atomic E-state index is 14.9. The summed E-state index contributed by atoms with van der Waals surface area (Å²) in [6.45, 7) is 1.47. The zero-order chi connectivity index (χ0) is 17.7. The molecule has 1 saturated carbocycles. The highest BCUT2D eigenvalue weighted by atomic mass is 19.1. The van der Waals surface area contributed by atoms with Crippen LogP contribution in [0.15, 0.2) is 17.1 Å². The van der Waals surface area contributed by atoms with Crippen LogP contribution in [-0.2, 0) is 0 Å². The summed E-state index contributed by atoms with van der Waals surface area (Å²) in [7, 11) is 1.46. The number of nitrogens with zero attached hydrogens (tertiary/aromatic N) is 2. The molecule has 7 heteroatoms. The van der Waals surface area contributed by atoms with E-state index in [4.69, 9.17) is 4.74 Å². The van der Waals surface area contributed by atoms with Gasteiger partial charge in [0.2, 0.25) is 5.43 Å². The van der Waals surface area contributed by atoms with Crippen LogP contribution in [0.25, 0.3) is 10.9 Å². The summed E-state index contributed by atoms with van der Waals surface area (Å²) in [6, 6.07) is 1.28. The summed E-state index contributed by atoms with van der Waals surface area (Å²) in [5.41, 5.74) is -0.160. The van der Waals surface area contributed by atoms with E-state index in [-0.39, 0.29) is 17.0 Å². The van der Waals surface area contributed by atoms with E-state index in [0.29, 0.717) is 17.0 Å². The van der Waals surface area contributed by atoms with Crippen LogP contribution in [0, 0.1) is 5.82 Å². The minimum absolute atomic E-state index is 0.0593. The molecule has 0 bridgehead atoms. The molecule has 4 rings (SSSR count). The summed E-state index contributed by atoms with van der Waals surface area (Å²) < 4.78 is 22.2. The fourth-order valence-electron chi connectivity index (χ4n) is 3.66. The lowest BCUT2D eigenvalue weighted by atomic mass is 10.1. The van der Waals surface area contributed by atoms with Crippen LogP contribution < -0.4 is 15.1 Å². The molecule has 0 spiro atoms. The van der Waals surface area contributed by atoms with Gasteiger partial charge in [-0.25, -0.2) is 9.18 Å². The summed E-state index contributed by atoms with van der Waals surface area (Å²) in [4.78, 5) is 25.9. The maximum Gasteiger partial charge on any atom is 0.341 e. The number of benzene rings is 1. The van der Waals surface area contributed by atoms with Gasteiger partial charge in [0.15, 0.2) is 11.6 Å². The molecule has 1 aliphatic heterocycles. The van der Waals surface area contributed by atoms with Crippen LogP contribution in [-0.4, -0.2) is 35.8 Å². The normalized spacial score (nSPS) is 17.3. The first kappa shape index (κ1) is 15.9. The largest absolute Gasteiger partial charge is 0.492 e. The molecule has 0 radical (unpaired) electrons. The Balaban J connectivity index is 2.10. The number of hydrogen-bond donors (Lipinski definition) is 1. The third-order valence-corrected chi connectivity index (χ3v) is 5.00. The van der Waals surface area contributed by atoms with Crippen LogP contribution in [0.1, 0.15) is 42.1 Å². The van der Waals surface area contributed by atoms with E-state index >= 15 is 0 Å². The van der Waals surface area contributed by atoms with Crippen molar-refractivity contribution in [2.24, 2.45) is 0 Å². The third kappa shape index (κ3) is 2.45. The molecule has 0 atom stereocenters. The monoisotopic (exact) mass is 346 g/mol. The number of methoxy groups -OCH3 is 1. The molecule has 132 valence electrons. The van der Waals surface area contributed by atoms with Gasteiger partial charge in [-0.15, -0.1) is 0 Å². The number of halogens is 1. The first-order valence-corrected chi connectivity index (χ1v) is 8.46. The van der Waals surface area contributed by atoms with Crippen molar-refractivity contribution in [1.82, 2.24) is 4.57 Å². The zero-order valence-corrected chi connectivity index (χ0v) is 13.9. The van der Waals surface area contributed by atoms with Crippen LogP contribution in [0.4, 0.5) is 10.1 Å². The van der Waals surface area contributed by atoms with E-state index in [2.05, 4.69) is 0 Å². The average molecular weight is 346 g/mol. The molecule has 2 heterocycles. The van der Waals surface area contributed by atoms with E-state index in [1.54, 1.807) is 4.57 Å². The SMILES string of the molecule is COc1c(N2CCCC2)c(F)cc2c(=O)c(C(=O)O)cn(C3CC3)c12. The second-order valence-corrected chi connectivity index (χ2v) is 6.65. The number of anilines is 1. The van der Waals surface area contributed by atoms with E-state index in [1.165, 1.54) is 19.4 Å². The Kier molecular flexibility index (Phi) is 3.67. The van der Waals surface area contributed by atoms with Crippen molar-refractivity contribution in [2.45, 2.75) is 31.7 Å². The van der Waals surface area contributed by atoms with E-state index in [1.807, 2.05) is 4.90 Å². The molecular weight excluding hydrogens is 327 g/mol. The van der Waals surface area contributed by atoms with Crippen molar-refractivity contribution in [3.05, 3.63) is 33.9 Å². The summed E-state index contributed by atoms with van der Waals surface area (Å²) in [6.07, 6.45) is 5.13. The average Bonchev–Trinajstić information content (AvgIpc) is 3.29. The minimum Gasteiger partial charge on any atom is -0.492 e. The van der Waals surface area contributed by atoms with Crippen LogP contribution in [0.3, 0.4) is 0 Å². The smallest absolute Gasteiger partial charge is 0.341 e. The Hall–Kier alpha value is -2.57. The molecule has 1 aliphatic carbocycles. The van der Waals surface area contributed by atoms with Crippen LogP contribution in [0.5, 0.6) is 5.75 Å². The van der Waals surface area contributed by atoms with Crippen LogP contribution >= 0.6 is 0 Å². The zero-order valence-electron chi connectivity index (χ0n) is 13.9. The quantitative estimate of drug-likeness (QED) is 0.922. The fourth-order valence-corrected chi connectivity index (χ4v) is 3.66. The van der Waals surface area contributed by atoms with Crippen molar-refractivity contribution in [3.8, 4) is 5.75 Å². The van der Waals surface area contributed by atoms with Crippen molar-refractivity contribution < 1.29 is 19.0 Å². The second kappa shape index (κ2) is 5.75. The van der Waals surface area contributed by atoms with Gasteiger partial charge in [0.05, 0.1) is 18.0 Å². The highest BCUT2D eigenvalue weighted by Gasteiger charge is 2.31. The predicted molar refractivity (Wildman–Crippen MR) is 91.4 cm³/mol. The molecule has 1 aromatic carbocycles. The lowest BCUT2D eigenvalue weighted by molar-refractivity contribution is 0.0695. The topological polar surface area (TPSA) is 71.8 Å². The van der Waals surface area contributed by atoms with Crippen molar-refractivity contribution >= 4 is 22.6 Å². The Morgan fingerprint density at radius 3 is 2.56 bits per heavy atom. The Labute approximate surface area is 143 Å². The van der Waals surface area contributed by atoms with Gasteiger partial charge >= 0.3 is 5.97 Å². The van der Waals surface area contributed by atoms with Crippen molar-refractivity contribution in [2.75, 3.05) is 25.1 Å². The van der Waals surface area contributed by atoms with Crippen molar-refractivity contribution in [3.63, 3.8) is 0 Å². The highest BCUT2D eigenvalue weighted by Crippen LogP contribution is 2.44. The number of rotatable bonds is 4. The molecule has 2 aromatic rings. The van der Waals surface area contributed by atoms with Crippen LogP contribution in [0.2, 0.25) is 0 Å². The highest BCUT2D eigenvalue weighted by molar-refractivity contribution is 5.97. The lowest BCUT2D eigenvalue weighted by Crippen LogP contribution is -2.23. The molecule has 2 aliphatic rings. The Morgan fingerprint density at radius 1 is 1.32 bits per heavy atom. The van der Waals surface area contributed by atoms with Gasteiger partial charge in [0, 0.05) is 25.3 Å². The number of carbonyl (C=O) groups is 1. The van der Waals surface area contributed by atoms with Gasteiger partial charge in [0.1, 0.15) is 11.3 Å². The third-order valence-electron chi connectivity index (χ3n) is 5.00. The number of ether oxygens (including phenoxy) is 1. The van der Waals surface area contributed by atoms with Gasteiger partial charge in [-0.2, -0.15) is 0 Å². The lowest BCUT2D eigenvalue weighted by Gasteiger charge is -2.24. The van der Waals surface area contributed by atoms with Gasteiger partial charge < -0.3 is 19.3 Å². The molecule has 1 aromatic heterocycles. The molecule has 1 N–H and O–H groups in total.